The standard InChI is InChI=1S/C10H19N2O/c1-2-3-4-10(9-13)12-7-5-11-6-8-12/h10-11H,2-8H2,1H3. The van der Waals surface area contributed by atoms with Gasteiger partial charge < -0.3 is 5.32 Å². The smallest absolute Gasteiger partial charge is 0.217 e. The molecule has 13 heavy (non-hydrogen) atoms. The Labute approximate surface area is 80.5 Å². The average molecular weight is 183 g/mol. The Morgan fingerprint density at radius 3 is 2.69 bits per heavy atom. The fourth-order valence-electron chi connectivity index (χ4n) is 1.71. The Kier molecular flexibility index (Phi) is 5.01. The highest BCUT2D eigenvalue weighted by atomic mass is 16.1. The lowest BCUT2D eigenvalue weighted by Gasteiger charge is -2.31. The van der Waals surface area contributed by atoms with Crippen molar-refractivity contribution in [2.75, 3.05) is 26.2 Å². The van der Waals surface area contributed by atoms with Crippen LogP contribution in [0.3, 0.4) is 0 Å². The van der Waals surface area contributed by atoms with Gasteiger partial charge in [0.2, 0.25) is 6.29 Å². The van der Waals surface area contributed by atoms with E-state index in [0.717, 1.165) is 45.4 Å². The van der Waals surface area contributed by atoms with Crippen molar-refractivity contribution in [3.8, 4) is 0 Å². The molecule has 1 unspecified atom stereocenters. The summed E-state index contributed by atoms with van der Waals surface area (Å²) in [5.41, 5.74) is 0. The number of carbonyl (C=O) groups excluding carboxylic acids is 1. The molecule has 1 heterocycles. The molecule has 1 aliphatic rings. The van der Waals surface area contributed by atoms with E-state index in [9.17, 15) is 4.79 Å². The summed E-state index contributed by atoms with van der Waals surface area (Å²) in [4.78, 5) is 13.0. The zero-order valence-corrected chi connectivity index (χ0v) is 8.38. The average Bonchev–Trinajstić information content (AvgIpc) is 2.21. The number of unbranched alkanes of at least 4 members (excludes halogenated alkanes) is 1. The molecule has 0 bridgehead atoms. The van der Waals surface area contributed by atoms with E-state index in [4.69, 9.17) is 0 Å². The molecule has 1 radical (unpaired) electrons. The summed E-state index contributed by atoms with van der Waals surface area (Å²) in [5.74, 6) is 0. The van der Waals surface area contributed by atoms with E-state index in [1.807, 2.05) is 0 Å². The van der Waals surface area contributed by atoms with Gasteiger partial charge in [-0.1, -0.05) is 19.8 Å². The maximum Gasteiger partial charge on any atom is 0.217 e. The summed E-state index contributed by atoms with van der Waals surface area (Å²) in [6, 6.07) is 0.0436. The lowest BCUT2D eigenvalue weighted by Crippen LogP contribution is -2.49. The Hall–Kier alpha value is -0.410. The fraction of sp³-hybridized carbons (Fsp3) is 0.900. The minimum absolute atomic E-state index is 0.0436. The van der Waals surface area contributed by atoms with Gasteiger partial charge in [0.15, 0.2) is 0 Å². The van der Waals surface area contributed by atoms with Gasteiger partial charge in [-0.3, -0.25) is 9.69 Å². The highest BCUT2D eigenvalue weighted by molar-refractivity contribution is 5.58. The van der Waals surface area contributed by atoms with Gasteiger partial charge >= 0.3 is 0 Å². The highest BCUT2D eigenvalue weighted by Gasteiger charge is 2.19. The third-order valence-electron chi connectivity index (χ3n) is 2.56. The molecule has 3 heteroatoms. The monoisotopic (exact) mass is 183 g/mol. The van der Waals surface area contributed by atoms with Crippen LogP contribution in [0, 0.1) is 0 Å². The van der Waals surface area contributed by atoms with Gasteiger partial charge in [-0.05, 0) is 6.42 Å². The first-order valence-electron chi connectivity index (χ1n) is 5.21. The Morgan fingerprint density at radius 2 is 2.15 bits per heavy atom. The van der Waals surface area contributed by atoms with E-state index in [2.05, 4.69) is 23.4 Å². The zero-order valence-electron chi connectivity index (χ0n) is 8.38. The second-order valence-electron chi connectivity index (χ2n) is 3.56. The van der Waals surface area contributed by atoms with E-state index >= 15 is 0 Å². The molecule has 0 aromatic rings. The molecule has 0 aromatic carbocycles. The van der Waals surface area contributed by atoms with Gasteiger partial charge in [0.25, 0.3) is 0 Å². The van der Waals surface area contributed by atoms with Gasteiger partial charge in [0, 0.05) is 26.2 Å². The molecule has 0 amide bonds. The summed E-state index contributed by atoms with van der Waals surface area (Å²) < 4.78 is 0. The van der Waals surface area contributed by atoms with Gasteiger partial charge in [-0.15, -0.1) is 0 Å². The number of piperazine rings is 1. The van der Waals surface area contributed by atoms with Crippen molar-refractivity contribution in [1.29, 1.82) is 0 Å². The fourth-order valence-corrected chi connectivity index (χ4v) is 1.71. The molecule has 1 atom stereocenters. The predicted molar refractivity (Wildman–Crippen MR) is 53.4 cm³/mol. The molecule has 1 aliphatic heterocycles. The molecule has 1 saturated heterocycles. The largest absolute Gasteiger partial charge is 0.314 e. The maximum absolute atomic E-state index is 10.7. The number of hydrogen-bond acceptors (Lipinski definition) is 3. The van der Waals surface area contributed by atoms with Crippen LogP contribution in [0.4, 0.5) is 0 Å². The van der Waals surface area contributed by atoms with E-state index < -0.39 is 0 Å². The van der Waals surface area contributed by atoms with Gasteiger partial charge in [-0.2, -0.15) is 0 Å². The van der Waals surface area contributed by atoms with Gasteiger partial charge in [0.1, 0.15) is 0 Å². The van der Waals surface area contributed by atoms with Crippen molar-refractivity contribution in [2.45, 2.75) is 32.2 Å². The van der Waals surface area contributed by atoms with Crippen LogP contribution >= 0.6 is 0 Å². The van der Waals surface area contributed by atoms with Crippen molar-refractivity contribution in [3.05, 3.63) is 0 Å². The summed E-state index contributed by atoms with van der Waals surface area (Å²) in [5, 5.41) is 3.28. The molecule has 0 spiro atoms. The molecule has 1 fully saturated rings. The van der Waals surface area contributed by atoms with Crippen LogP contribution < -0.4 is 5.32 Å². The van der Waals surface area contributed by atoms with Crippen LogP contribution in [0.5, 0.6) is 0 Å². The minimum Gasteiger partial charge on any atom is -0.314 e. The molecular formula is C10H19N2O. The number of hydrogen-bond donors (Lipinski definition) is 1. The number of nitrogens with zero attached hydrogens (tertiary/aromatic N) is 1. The quantitative estimate of drug-likeness (QED) is 0.676. The van der Waals surface area contributed by atoms with E-state index in [-0.39, 0.29) is 6.04 Å². The van der Waals surface area contributed by atoms with Crippen LogP contribution in [0.15, 0.2) is 0 Å². The zero-order chi connectivity index (χ0) is 9.52. The van der Waals surface area contributed by atoms with Crippen LogP contribution in [-0.4, -0.2) is 43.4 Å². The van der Waals surface area contributed by atoms with Crippen molar-refractivity contribution >= 4 is 6.29 Å². The van der Waals surface area contributed by atoms with Crippen molar-refractivity contribution in [2.24, 2.45) is 0 Å². The Bertz CT molecular complexity index is 144. The Balaban J connectivity index is 2.30. The second-order valence-corrected chi connectivity index (χ2v) is 3.56. The van der Waals surface area contributed by atoms with Crippen molar-refractivity contribution < 1.29 is 4.79 Å². The summed E-state index contributed by atoms with van der Waals surface area (Å²) in [6.07, 6.45) is 5.41. The molecule has 3 nitrogen and oxygen atoms in total. The summed E-state index contributed by atoms with van der Waals surface area (Å²) in [7, 11) is 0. The first-order chi connectivity index (χ1) is 6.38. The van der Waals surface area contributed by atoms with Crippen LogP contribution in [0.1, 0.15) is 26.2 Å². The van der Waals surface area contributed by atoms with E-state index in [0.29, 0.717) is 0 Å². The topological polar surface area (TPSA) is 32.3 Å². The minimum atomic E-state index is 0.0436. The molecular weight excluding hydrogens is 164 g/mol. The van der Waals surface area contributed by atoms with E-state index in [1.54, 1.807) is 0 Å². The lowest BCUT2D eigenvalue weighted by molar-refractivity contribution is 0.200. The normalized spacial score (nSPS) is 21.3. The number of nitrogens with one attached hydrogen (secondary N) is 1. The number of rotatable bonds is 5. The SMILES string of the molecule is CCCCC([C]=O)N1CCNCC1. The summed E-state index contributed by atoms with van der Waals surface area (Å²) >= 11 is 0. The van der Waals surface area contributed by atoms with Crippen LogP contribution in [0.25, 0.3) is 0 Å². The van der Waals surface area contributed by atoms with Crippen molar-refractivity contribution in [1.82, 2.24) is 10.2 Å². The lowest BCUT2D eigenvalue weighted by atomic mass is 10.1. The van der Waals surface area contributed by atoms with Gasteiger partial charge in [0.05, 0.1) is 6.04 Å². The third-order valence-corrected chi connectivity index (χ3v) is 2.56. The molecule has 75 valence electrons. The molecule has 0 aromatic heterocycles. The van der Waals surface area contributed by atoms with Crippen molar-refractivity contribution in [3.63, 3.8) is 0 Å². The first kappa shape index (κ1) is 10.7. The molecule has 1 rings (SSSR count). The predicted octanol–water partition coefficient (Wildman–Crippen LogP) is 0.560. The summed E-state index contributed by atoms with van der Waals surface area (Å²) in [6.45, 7) is 6.14. The third kappa shape index (κ3) is 3.44. The maximum atomic E-state index is 10.7. The molecule has 1 N–H and O–H groups in total. The van der Waals surface area contributed by atoms with Crippen LogP contribution in [-0.2, 0) is 4.79 Å². The molecule has 0 saturated carbocycles. The van der Waals surface area contributed by atoms with Crippen LogP contribution in [0.2, 0.25) is 0 Å². The Morgan fingerprint density at radius 1 is 1.46 bits per heavy atom. The van der Waals surface area contributed by atoms with Gasteiger partial charge in [-0.25, -0.2) is 0 Å². The first-order valence-corrected chi connectivity index (χ1v) is 5.21. The van der Waals surface area contributed by atoms with E-state index in [1.165, 1.54) is 0 Å². The molecule has 0 aliphatic carbocycles. The second kappa shape index (κ2) is 6.11. The highest BCUT2D eigenvalue weighted by Crippen LogP contribution is 2.07.